The number of hydrogen-bond donors (Lipinski definition) is 1. The van der Waals surface area contributed by atoms with E-state index in [1.807, 2.05) is 30.3 Å². The van der Waals surface area contributed by atoms with Gasteiger partial charge in [-0.1, -0.05) is 39.0 Å². The summed E-state index contributed by atoms with van der Waals surface area (Å²) < 4.78 is 1.72. The van der Waals surface area contributed by atoms with Crippen molar-refractivity contribution in [1.29, 1.82) is 0 Å². The molecule has 4 heterocycles. The molecular weight excluding hydrogens is 384 g/mol. The Balaban J connectivity index is 1.42. The lowest BCUT2D eigenvalue weighted by molar-refractivity contribution is 0.497. The Morgan fingerprint density at radius 2 is 1.90 bits per heavy atom. The smallest absolute Gasteiger partial charge is 0.262 e. The highest BCUT2D eigenvalue weighted by atomic mass is 32.1. The Kier molecular flexibility index (Phi) is 4.06. The van der Waals surface area contributed by atoms with Gasteiger partial charge in [-0.3, -0.25) is 4.79 Å². The Hall–Kier alpha value is -3.00. The zero-order chi connectivity index (χ0) is 20.2. The standard InChI is InChI=1S/C21H22N6OS/c1-21(2,3)16-12-29-20(23-16)26-10-13(11-26)17-24-18-15(19(28)25-17)9-22-27(18)14-7-5-4-6-8-14/h4-9,12-13H,10-11H2,1-3H3,(H,24,25,28). The zero-order valence-corrected chi connectivity index (χ0v) is 17.4. The molecule has 29 heavy (non-hydrogen) atoms. The van der Waals surface area contributed by atoms with Gasteiger partial charge in [-0.15, -0.1) is 11.3 Å². The van der Waals surface area contributed by atoms with Crippen molar-refractivity contribution >= 4 is 27.5 Å². The second-order valence-corrected chi connectivity index (χ2v) is 9.28. The van der Waals surface area contributed by atoms with Gasteiger partial charge in [0.1, 0.15) is 11.2 Å². The number of aromatic nitrogens is 5. The first-order chi connectivity index (χ1) is 13.9. The molecule has 0 unspecified atom stereocenters. The van der Waals surface area contributed by atoms with E-state index in [0.717, 1.165) is 29.6 Å². The number of hydrogen-bond acceptors (Lipinski definition) is 6. The van der Waals surface area contributed by atoms with Crippen LogP contribution in [0.25, 0.3) is 16.7 Å². The van der Waals surface area contributed by atoms with Crippen molar-refractivity contribution < 1.29 is 0 Å². The van der Waals surface area contributed by atoms with Crippen molar-refractivity contribution in [3.63, 3.8) is 0 Å². The fourth-order valence-corrected chi connectivity index (χ4v) is 4.52. The molecule has 0 atom stereocenters. The van der Waals surface area contributed by atoms with Crippen LogP contribution in [0.4, 0.5) is 5.13 Å². The molecule has 0 saturated carbocycles. The molecule has 0 bridgehead atoms. The maximum atomic E-state index is 12.6. The molecule has 4 aromatic rings. The molecule has 1 N–H and O–H groups in total. The monoisotopic (exact) mass is 406 g/mol. The third-order valence-corrected chi connectivity index (χ3v) is 6.16. The van der Waals surface area contributed by atoms with Gasteiger partial charge in [0, 0.05) is 23.9 Å². The highest BCUT2D eigenvalue weighted by Crippen LogP contribution is 2.34. The zero-order valence-electron chi connectivity index (χ0n) is 16.6. The summed E-state index contributed by atoms with van der Waals surface area (Å²) in [4.78, 5) is 27.3. The summed E-state index contributed by atoms with van der Waals surface area (Å²) in [5, 5.41) is 8.04. The number of nitrogens with zero attached hydrogens (tertiary/aromatic N) is 5. The Labute approximate surface area is 172 Å². The average molecular weight is 407 g/mol. The van der Waals surface area contributed by atoms with Gasteiger partial charge in [-0.2, -0.15) is 5.10 Å². The van der Waals surface area contributed by atoms with E-state index in [0.29, 0.717) is 16.9 Å². The molecule has 1 aromatic carbocycles. The number of nitrogens with one attached hydrogen (secondary N) is 1. The molecule has 1 aliphatic heterocycles. The molecule has 0 spiro atoms. The molecule has 3 aromatic heterocycles. The van der Waals surface area contributed by atoms with Crippen LogP contribution in [0.15, 0.2) is 46.7 Å². The third kappa shape index (κ3) is 3.13. The average Bonchev–Trinajstić information content (AvgIpc) is 3.29. The first kappa shape index (κ1) is 18.1. The molecule has 1 aliphatic rings. The van der Waals surface area contributed by atoms with Gasteiger partial charge < -0.3 is 9.88 Å². The molecule has 1 saturated heterocycles. The van der Waals surface area contributed by atoms with Crippen LogP contribution in [-0.4, -0.2) is 37.8 Å². The number of anilines is 1. The Morgan fingerprint density at radius 1 is 1.14 bits per heavy atom. The van der Waals surface area contributed by atoms with E-state index in [2.05, 4.69) is 41.1 Å². The van der Waals surface area contributed by atoms with E-state index < -0.39 is 0 Å². The first-order valence-electron chi connectivity index (χ1n) is 9.64. The van der Waals surface area contributed by atoms with Crippen LogP contribution in [-0.2, 0) is 5.41 Å². The predicted octanol–water partition coefficient (Wildman–Crippen LogP) is 3.47. The summed E-state index contributed by atoms with van der Waals surface area (Å²) in [6.07, 6.45) is 1.58. The SMILES string of the molecule is CC(C)(C)c1csc(N2CC(c3nc4c(cnn4-c4ccccc4)c(=O)[nH]3)C2)n1. The van der Waals surface area contributed by atoms with Gasteiger partial charge in [0.05, 0.1) is 23.5 Å². The summed E-state index contributed by atoms with van der Waals surface area (Å²) >= 11 is 1.67. The normalized spacial score (nSPS) is 15.1. The number of H-pyrrole nitrogens is 1. The molecule has 0 amide bonds. The summed E-state index contributed by atoms with van der Waals surface area (Å²) in [5.74, 6) is 0.886. The van der Waals surface area contributed by atoms with Crippen LogP contribution >= 0.6 is 11.3 Å². The van der Waals surface area contributed by atoms with Crippen LogP contribution in [0.2, 0.25) is 0 Å². The summed E-state index contributed by atoms with van der Waals surface area (Å²) in [5.41, 5.74) is 2.50. The van der Waals surface area contributed by atoms with Gasteiger partial charge in [0.2, 0.25) is 0 Å². The van der Waals surface area contributed by atoms with E-state index >= 15 is 0 Å². The first-order valence-corrected chi connectivity index (χ1v) is 10.5. The van der Waals surface area contributed by atoms with Gasteiger partial charge >= 0.3 is 0 Å². The highest BCUT2D eigenvalue weighted by molar-refractivity contribution is 7.13. The maximum Gasteiger partial charge on any atom is 0.262 e. The molecule has 8 heteroatoms. The number of benzene rings is 1. The fourth-order valence-electron chi connectivity index (χ4n) is 3.45. The number of thiazole rings is 1. The summed E-state index contributed by atoms with van der Waals surface area (Å²) in [7, 11) is 0. The van der Waals surface area contributed by atoms with Crippen LogP contribution < -0.4 is 10.5 Å². The third-order valence-electron chi connectivity index (χ3n) is 5.26. The second-order valence-electron chi connectivity index (χ2n) is 8.45. The molecule has 0 aliphatic carbocycles. The van der Waals surface area contributed by atoms with Gasteiger partial charge in [-0.25, -0.2) is 14.6 Å². The number of fused-ring (bicyclic) bond motifs is 1. The van der Waals surface area contributed by atoms with Crippen molar-refractivity contribution in [2.45, 2.75) is 32.1 Å². The minimum atomic E-state index is -0.144. The highest BCUT2D eigenvalue weighted by Gasteiger charge is 2.33. The lowest BCUT2D eigenvalue weighted by Gasteiger charge is -2.38. The lowest BCUT2D eigenvalue weighted by Crippen LogP contribution is -2.46. The lowest BCUT2D eigenvalue weighted by atomic mass is 9.93. The topological polar surface area (TPSA) is 79.7 Å². The van der Waals surface area contributed by atoms with Crippen molar-refractivity contribution in [3.8, 4) is 5.69 Å². The molecular formula is C21H22N6OS. The molecule has 1 fully saturated rings. The van der Waals surface area contributed by atoms with Gasteiger partial charge in [0.25, 0.3) is 5.56 Å². The minimum Gasteiger partial charge on any atom is -0.346 e. The summed E-state index contributed by atoms with van der Waals surface area (Å²) in [6.45, 7) is 8.11. The Morgan fingerprint density at radius 3 is 2.59 bits per heavy atom. The largest absolute Gasteiger partial charge is 0.346 e. The molecule has 148 valence electrons. The molecule has 5 rings (SSSR count). The van der Waals surface area contributed by atoms with Crippen molar-refractivity contribution in [2.75, 3.05) is 18.0 Å². The minimum absolute atomic E-state index is 0.0483. The predicted molar refractivity (Wildman–Crippen MR) is 115 cm³/mol. The summed E-state index contributed by atoms with van der Waals surface area (Å²) in [6, 6.07) is 9.75. The molecule has 7 nitrogen and oxygen atoms in total. The maximum absolute atomic E-state index is 12.6. The molecule has 0 radical (unpaired) electrons. The van der Waals surface area contributed by atoms with E-state index in [1.54, 1.807) is 22.2 Å². The number of aromatic amines is 1. The van der Waals surface area contributed by atoms with Crippen LogP contribution in [0, 0.1) is 0 Å². The van der Waals surface area contributed by atoms with Crippen LogP contribution in [0.1, 0.15) is 38.2 Å². The van der Waals surface area contributed by atoms with Crippen LogP contribution in [0.3, 0.4) is 0 Å². The fraction of sp³-hybridized carbons (Fsp3) is 0.333. The Bertz CT molecular complexity index is 1230. The van der Waals surface area contributed by atoms with Crippen molar-refractivity contribution in [2.24, 2.45) is 0 Å². The van der Waals surface area contributed by atoms with E-state index in [1.165, 1.54) is 0 Å². The van der Waals surface area contributed by atoms with Crippen molar-refractivity contribution in [3.05, 3.63) is 63.8 Å². The van der Waals surface area contributed by atoms with Crippen LogP contribution in [0.5, 0.6) is 0 Å². The number of para-hydroxylation sites is 1. The second kappa shape index (κ2) is 6.52. The van der Waals surface area contributed by atoms with E-state index in [4.69, 9.17) is 9.97 Å². The van der Waals surface area contributed by atoms with Crippen molar-refractivity contribution in [1.82, 2.24) is 24.7 Å². The van der Waals surface area contributed by atoms with E-state index in [9.17, 15) is 4.79 Å². The number of rotatable bonds is 3. The van der Waals surface area contributed by atoms with Gasteiger partial charge in [0.15, 0.2) is 10.8 Å². The quantitative estimate of drug-likeness (QED) is 0.564. The van der Waals surface area contributed by atoms with Gasteiger partial charge in [-0.05, 0) is 12.1 Å². The van der Waals surface area contributed by atoms with E-state index in [-0.39, 0.29) is 16.9 Å².